The molecule has 0 aromatic carbocycles. The predicted octanol–water partition coefficient (Wildman–Crippen LogP) is 3.32. The summed E-state index contributed by atoms with van der Waals surface area (Å²) >= 11 is 0. The molecule has 0 aliphatic heterocycles. The highest BCUT2D eigenvalue weighted by molar-refractivity contribution is 5.78. The first-order chi connectivity index (χ1) is 7.56. The largest absolute Gasteiger partial charge is 0.480 e. The molecule has 0 aromatic rings. The van der Waals surface area contributed by atoms with Crippen molar-refractivity contribution in [2.75, 3.05) is 0 Å². The van der Waals surface area contributed by atoms with Gasteiger partial charge in [0.2, 0.25) is 0 Å². The first-order valence-electron chi connectivity index (χ1n) is 6.59. The zero-order valence-electron chi connectivity index (χ0n) is 10.8. The fraction of sp³-hybridized carbons (Fsp3) is 0.923. The maximum atomic E-state index is 11.1. The molecule has 0 fully saturated rings. The van der Waals surface area contributed by atoms with Gasteiger partial charge in [-0.1, -0.05) is 58.8 Å². The Labute approximate surface area is 99.4 Å². The summed E-state index contributed by atoms with van der Waals surface area (Å²) in [5.41, 5.74) is 4.96. The van der Waals surface area contributed by atoms with E-state index in [4.69, 9.17) is 10.8 Å². The van der Waals surface area contributed by atoms with E-state index in [9.17, 15) is 4.79 Å². The number of hydrogen-bond acceptors (Lipinski definition) is 2. The normalized spacial score (nSPS) is 14.7. The molecule has 0 aliphatic carbocycles. The molecule has 0 aromatic heterocycles. The molecule has 0 aliphatic rings. The van der Waals surface area contributed by atoms with E-state index >= 15 is 0 Å². The van der Waals surface area contributed by atoms with Crippen molar-refractivity contribution in [2.45, 2.75) is 77.2 Å². The third kappa shape index (κ3) is 6.11. The monoisotopic (exact) mass is 229 g/mol. The van der Waals surface area contributed by atoms with Crippen LogP contribution in [0.1, 0.15) is 71.6 Å². The van der Waals surface area contributed by atoms with Gasteiger partial charge in [0, 0.05) is 0 Å². The molecule has 3 N–H and O–H groups in total. The molecule has 0 radical (unpaired) electrons. The van der Waals surface area contributed by atoms with Gasteiger partial charge in [-0.25, -0.2) is 0 Å². The van der Waals surface area contributed by atoms with E-state index in [1.165, 1.54) is 19.3 Å². The van der Waals surface area contributed by atoms with Gasteiger partial charge in [0.05, 0.1) is 0 Å². The summed E-state index contributed by atoms with van der Waals surface area (Å²) in [7, 11) is 0. The Kier molecular flexibility index (Phi) is 8.26. The molecule has 0 amide bonds. The molecule has 0 saturated heterocycles. The van der Waals surface area contributed by atoms with Crippen LogP contribution in [0.25, 0.3) is 0 Å². The number of carboxylic acids is 1. The van der Waals surface area contributed by atoms with E-state index in [2.05, 4.69) is 13.8 Å². The van der Waals surface area contributed by atoms with Gasteiger partial charge in [0.15, 0.2) is 0 Å². The quantitative estimate of drug-likeness (QED) is 0.565. The van der Waals surface area contributed by atoms with E-state index in [1.54, 1.807) is 0 Å². The summed E-state index contributed by atoms with van der Waals surface area (Å²) < 4.78 is 0. The van der Waals surface area contributed by atoms with Crippen LogP contribution >= 0.6 is 0 Å². The van der Waals surface area contributed by atoms with E-state index in [0.29, 0.717) is 12.8 Å². The second kappa shape index (κ2) is 8.57. The van der Waals surface area contributed by atoms with E-state index in [-0.39, 0.29) is 0 Å². The summed E-state index contributed by atoms with van der Waals surface area (Å²) in [6.45, 7) is 4.23. The molecule has 96 valence electrons. The van der Waals surface area contributed by atoms with Crippen LogP contribution in [0.2, 0.25) is 0 Å². The Hall–Kier alpha value is -0.570. The molecule has 0 spiro atoms. The number of hydrogen-bond donors (Lipinski definition) is 2. The Morgan fingerprint density at radius 1 is 1.00 bits per heavy atom. The topological polar surface area (TPSA) is 63.3 Å². The molecule has 16 heavy (non-hydrogen) atoms. The summed E-state index contributed by atoms with van der Waals surface area (Å²) in [6.07, 6.45) is 8.80. The van der Waals surface area contributed by atoms with E-state index in [0.717, 1.165) is 25.7 Å². The van der Waals surface area contributed by atoms with Crippen LogP contribution in [0.3, 0.4) is 0 Å². The molecule has 1 unspecified atom stereocenters. The van der Waals surface area contributed by atoms with Crippen LogP contribution in [-0.2, 0) is 4.79 Å². The lowest BCUT2D eigenvalue weighted by Gasteiger charge is -2.24. The van der Waals surface area contributed by atoms with Crippen LogP contribution in [0.4, 0.5) is 0 Å². The number of aliphatic carboxylic acids is 1. The van der Waals surface area contributed by atoms with Crippen LogP contribution in [0.15, 0.2) is 0 Å². The molecule has 3 heteroatoms. The highest BCUT2D eigenvalue weighted by atomic mass is 16.4. The predicted molar refractivity (Wildman–Crippen MR) is 67.5 cm³/mol. The van der Waals surface area contributed by atoms with Gasteiger partial charge in [0.1, 0.15) is 5.54 Å². The third-order valence-electron chi connectivity index (χ3n) is 3.13. The summed E-state index contributed by atoms with van der Waals surface area (Å²) in [6, 6.07) is 0. The number of carbonyl (C=O) groups is 1. The third-order valence-corrected chi connectivity index (χ3v) is 3.13. The molecule has 0 heterocycles. The van der Waals surface area contributed by atoms with Gasteiger partial charge >= 0.3 is 5.97 Å². The van der Waals surface area contributed by atoms with Gasteiger partial charge in [-0.15, -0.1) is 0 Å². The van der Waals surface area contributed by atoms with E-state index < -0.39 is 11.5 Å². The van der Waals surface area contributed by atoms with Crippen LogP contribution in [-0.4, -0.2) is 16.6 Å². The Morgan fingerprint density at radius 2 is 1.50 bits per heavy atom. The standard InChI is InChI=1S/C13H27NO2/c1-3-5-7-8-9-11-13(14,12(15)16)10-6-4-2/h3-11,14H2,1-2H3,(H,15,16). The average molecular weight is 229 g/mol. The highest BCUT2D eigenvalue weighted by Gasteiger charge is 2.32. The van der Waals surface area contributed by atoms with Crippen LogP contribution < -0.4 is 5.73 Å². The highest BCUT2D eigenvalue weighted by Crippen LogP contribution is 2.20. The Bertz CT molecular complexity index is 194. The molecular weight excluding hydrogens is 202 g/mol. The van der Waals surface area contributed by atoms with Gasteiger partial charge in [0.25, 0.3) is 0 Å². The number of nitrogens with two attached hydrogens (primary N) is 1. The molecule has 0 rings (SSSR count). The van der Waals surface area contributed by atoms with Crippen molar-refractivity contribution >= 4 is 5.97 Å². The summed E-state index contributed by atoms with van der Waals surface area (Å²) in [4.78, 5) is 11.1. The van der Waals surface area contributed by atoms with Gasteiger partial charge in [-0.3, -0.25) is 4.79 Å². The van der Waals surface area contributed by atoms with Crippen LogP contribution in [0.5, 0.6) is 0 Å². The van der Waals surface area contributed by atoms with Crippen molar-refractivity contribution in [3.05, 3.63) is 0 Å². The van der Waals surface area contributed by atoms with Gasteiger partial charge in [-0.05, 0) is 12.8 Å². The molecule has 0 saturated carbocycles. The minimum atomic E-state index is -0.984. The van der Waals surface area contributed by atoms with Crippen molar-refractivity contribution in [2.24, 2.45) is 5.73 Å². The van der Waals surface area contributed by atoms with Crippen molar-refractivity contribution in [3.63, 3.8) is 0 Å². The Morgan fingerprint density at radius 3 is 2.00 bits per heavy atom. The summed E-state index contributed by atoms with van der Waals surface area (Å²) in [5, 5.41) is 9.14. The van der Waals surface area contributed by atoms with Crippen molar-refractivity contribution in [3.8, 4) is 0 Å². The number of carboxylic acid groups (broad SMARTS) is 1. The molecular formula is C13H27NO2. The second-order valence-electron chi connectivity index (χ2n) is 4.73. The fourth-order valence-electron chi connectivity index (χ4n) is 1.88. The fourth-order valence-corrected chi connectivity index (χ4v) is 1.88. The van der Waals surface area contributed by atoms with Gasteiger partial charge < -0.3 is 10.8 Å². The first kappa shape index (κ1) is 15.4. The average Bonchev–Trinajstić information content (AvgIpc) is 2.26. The van der Waals surface area contributed by atoms with Gasteiger partial charge in [-0.2, -0.15) is 0 Å². The Balaban J connectivity index is 3.88. The maximum absolute atomic E-state index is 11.1. The SMILES string of the molecule is CCCCCCCC(N)(CCCC)C(=O)O. The van der Waals surface area contributed by atoms with Crippen molar-refractivity contribution in [1.82, 2.24) is 0 Å². The van der Waals surface area contributed by atoms with E-state index in [1.807, 2.05) is 0 Å². The second-order valence-corrected chi connectivity index (χ2v) is 4.73. The van der Waals surface area contributed by atoms with Crippen LogP contribution in [0, 0.1) is 0 Å². The first-order valence-corrected chi connectivity index (χ1v) is 6.59. The minimum Gasteiger partial charge on any atom is -0.480 e. The smallest absolute Gasteiger partial charge is 0.323 e. The summed E-state index contributed by atoms with van der Waals surface area (Å²) in [5.74, 6) is -0.837. The number of unbranched alkanes of at least 4 members (excludes halogenated alkanes) is 5. The number of rotatable bonds is 10. The zero-order chi connectivity index (χ0) is 12.4. The lowest BCUT2D eigenvalue weighted by atomic mass is 9.88. The lowest BCUT2D eigenvalue weighted by Crippen LogP contribution is -2.47. The molecule has 0 bridgehead atoms. The zero-order valence-corrected chi connectivity index (χ0v) is 10.8. The lowest BCUT2D eigenvalue weighted by molar-refractivity contribution is -0.144. The molecule has 3 nitrogen and oxygen atoms in total. The molecule has 1 atom stereocenters. The van der Waals surface area contributed by atoms with Crippen molar-refractivity contribution in [1.29, 1.82) is 0 Å². The maximum Gasteiger partial charge on any atom is 0.323 e. The minimum absolute atomic E-state index is 0.604. The van der Waals surface area contributed by atoms with Crippen molar-refractivity contribution < 1.29 is 9.90 Å².